The maximum Gasteiger partial charge on any atom is 0.268 e. The van der Waals surface area contributed by atoms with Crippen molar-refractivity contribution in [2.75, 3.05) is 32.7 Å². The number of aryl methyl sites for hydroxylation is 4. The highest BCUT2D eigenvalue weighted by Gasteiger charge is 2.42. The van der Waals surface area contributed by atoms with Gasteiger partial charge in [0.25, 0.3) is 23.6 Å². The van der Waals surface area contributed by atoms with Gasteiger partial charge in [0.05, 0.1) is 45.0 Å². The molecule has 4 heterocycles. The standard InChI is InChI=1S/C48H38N4O4.C2H6/c1-29-27-33(21-23-37(29)51-45(53)35-15-7-19-41(43(35)47(51)55)49-25-9-13-31-11-3-5-17-39(31)49)34-22-24-38(30(2)28-34)52-46(54)36-16-8-20-42(44(36)48(52)56)50-26-10-14-32-12-4-6-18-40(32)50;1-2/h3-8,11-12,15-24,27-28H,9-10,13-14,25-26H2,1-2H3;1-2H3. The molecule has 4 amide bonds. The molecular formula is C50H44N4O4. The van der Waals surface area contributed by atoms with E-state index in [-0.39, 0.29) is 23.6 Å². The summed E-state index contributed by atoms with van der Waals surface area (Å²) in [6.45, 7) is 9.34. The molecule has 0 fully saturated rings. The lowest BCUT2D eigenvalue weighted by Gasteiger charge is -2.32. The van der Waals surface area contributed by atoms with Gasteiger partial charge in [-0.05, 0) is 134 Å². The summed E-state index contributed by atoms with van der Waals surface area (Å²) in [5.41, 5.74) is 12.2. The Hall–Kier alpha value is -6.80. The SMILES string of the molecule is CC.Cc1cc(-c2ccc(N3C(=O)c4cccc(N5CCCc6ccccc65)c4C3=O)c(C)c2)ccc1N1C(=O)c2cccc(N3CCCc4ccccc43)c2C1=O. The molecule has 0 spiro atoms. The largest absolute Gasteiger partial charge is 0.341 e. The molecule has 6 aromatic carbocycles. The van der Waals surface area contributed by atoms with E-state index in [1.807, 2.05) is 113 Å². The second-order valence-electron chi connectivity index (χ2n) is 15.1. The van der Waals surface area contributed by atoms with Crippen LogP contribution in [0.25, 0.3) is 11.1 Å². The van der Waals surface area contributed by atoms with E-state index in [9.17, 15) is 19.2 Å². The van der Waals surface area contributed by atoms with Crippen LogP contribution in [-0.2, 0) is 12.8 Å². The zero-order valence-electron chi connectivity index (χ0n) is 33.2. The number of imide groups is 2. The Kier molecular flexibility index (Phi) is 9.27. The van der Waals surface area contributed by atoms with Gasteiger partial charge in [-0.25, -0.2) is 9.80 Å². The molecule has 10 rings (SSSR count). The first-order chi connectivity index (χ1) is 28.3. The summed E-state index contributed by atoms with van der Waals surface area (Å²) in [5.74, 6) is -1.31. The molecule has 0 saturated carbocycles. The molecule has 0 saturated heterocycles. The molecule has 8 nitrogen and oxygen atoms in total. The third-order valence-corrected chi connectivity index (χ3v) is 11.8. The van der Waals surface area contributed by atoms with Crippen LogP contribution in [0.15, 0.2) is 121 Å². The van der Waals surface area contributed by atoms with E-state index in [1.54, 1.807) is 12.1 Å². The van der Waals surface area contributed by atoms with Crippen molar-refractivity contribution in [3.8, 4) is 11.1 Å². The predicted molar refractivity (Wildman–Crippen MR) is 231 cm³/mol. The Morgan fingerprint density at radius 2 is 0.810 bits per heavy atom. The number of hydrogen-bond donors (Lipinski definition) is 0. The van der Waals surface area contributed by atoms with Crippen LogP contribution in [0, 0.1) is 13.8 Å². The van der Waals surface area contributed by atoms with Gasteiger partial charge in [0.2, 0.25) is 0 Å². The summed E-state index contributed by atoms with van der Waals surface area (Å²) in [6.07, 6.45) is 3.88. The number of carbonyl (C=O) groups excluding carboxylic acids is 4. The number of nitrogens with zero attached hydrogens (tertiary/aromatic N) is 4. The highest BCUT2D eigenvalue weighted by Crippen LogP contribution is 2.43. The van der Waals surface area contributed by atoms with E-state index in [1.165, 1.54) is 20.9 Å². The molecule has 0 unspecified atom stereocenters. The number of amides is 4. The van der Waals surface area contributed by atoms with E-state index in [2.05, 4.69) is 34.1 Å². The molecule has 0 aromatic heterocycles. The van der Waals surface area contributed by atoms with Crippen molar-refractivity contribution in [2.45, 2.75) is 53.4 Å². The molecule has 58 heavy (non-hydrogen) atoms. The van der Waals surface area contributed by atoms with Crippen LogP contribution in [-0.4, -0.2) is 36.7 Å². The van der Waals surface area contributed by atoms with Crippen molar-refractivity contribution in [1.29, 1.82) is 0 Å². The zero-order valence-corrected chi connectivity index (χ0v) is 33.2. The van der Waals surface area contributed by atoms with Gasteiger partial charge in [0.1, 0.15) is 0 Å². The van der Waals surface area contributed by atoms with E-state index in [0.29, 0.717) is 33.6 Å². The summed E-state index contributed by atoms with van der Waals surface area (Å²) < 4.78 is 0. The van der Waals surface area contributed by atoms with Crippen LogP contribution in [0.4, 0.5) is 34.1 Å². The predicted octanol–water partition coefficient (Wildman–Crippen LogP) is 10.8. The lowest BCUT2D eigenvalue weighted by molar-refractivity contribution is 0.0910. The van der Waals surface area contributed by atoms with Gasteiger partial charge in [-0.1, -0.05) is 74.5 Å². The summed E-state index contributed by atoms with van der Waals surface area (Å²) in [7, 11) is 0. The van der Waals surface area contributed by atoms with Gasteiger partial charge in [-0.3, -0.25) is 19.2 Å². The average Bonchev–Trinajstić information content (AvgIpc) is 3.67. The molecule has 0 radical (unpaired) electrons. The first-order valence-electron chi connectivity index (χ1n) is 20.3. The van der Waals surface area contributed by atoms with Crippen LogP contribution < -0.4 is 19.6 Å². The normalized spacial score (nSPS) is 15.5. The van der Waals surface area contributed by atoms with Crippen LogP contribution in [0.2, 0.25) is 0 Å². The van der Waals surface area contributed by atoms with E-state index >= 15 is 0 Å². The van der Waals surface area contributed by atoms with Crippen molar-refractivity contribution in [3.63, 3.8) is 0 Å². The minimum atomic E-state index is -0.332. The number of anilines is 6. The van der Waals surface area contributed by atoms with Crippen molar-refractivity contribution in [3.05, 3.63) is 166 Å². The number of benzene rings is 6. The van der Waals surface area contributed by atoms with E-state index < -0.39 is 0 Å². The number of fused-ring (bicyclic) bond motifs is 4. The number of hydrogen-bond acceptors (Lipinski definition) is 6. The molecule has 8 heteroatoms. The van der Waals surface area contributed by atoms with Crippen LogP contribution in [0.3, 0.4) is 0 Å². The van der Waals surface area contributed by atoms with Crippen LogP contribution in [0.1, 0.15) is 90.4 Å². The van der Waals surface area contributed by atoms with Gasteiger partial charge < -0.3 is 9.80 Å². The van der Waals surface area contributed by atoms with Gasteiger partial charge in [-0.15, -0.1) is 0 Å². The second kappa shape index (κ2) is 14.6. The highest BCUT2D eigenvalue weighted by atomic mass is 16.2. The molecule has 0 aliphatic carbocycles. The molecule has 0 bridgehead atoms. The van der Waals surface area contributed by atoms with Crippen LogP contribution >= 0.6 is 0 Å². The Labute approximate surface area is 338 Å². The summed E-state index contributed by atoms with van der Waals surface area (Å²) >= 11 is 0. The molecular weight excluding hydrogens is 721 g/mol. The first-order valence-corrected chi connectivity index (χ1v) is 20.3. The number of para-hydroxylation sites is 2. The molecule has 6 aromatic rings. The first kappa shape index (κ1) is 36.8. The number of rotatable bonds is 5. The lowest BCUT2D eigenvalue weighted by Crippen LogP contribution is -2.31. The Morgan fingerprint density at radius 1 is 0.414 bits per heavy atom. The average molecular weight is 765 g/mol. The van der Waals surface area contributed by atoms with Crippen LogP contribution in [0.5, 0.6) is 0 Å². The monoisotopic (exact) mass is 764 g/mol. The van der Waals surface area contributed by atoms with Crippen molar-refractivity contribution < 1.29 is 19.2 Å². The third-order valence-electron chi connectivity index (χ3n) is 11.8. The molecule has 4 aliphatic rings. The number of carbonyl (C=O) groups is 4. The second-order valence-corrected chi connectivity index (χ2v) is 15.1. The summed E-state index contributed by atoms with van der Waals surface area (Å²) in [5, 5.41) is 0. The highest BCUT2D eigenvalue weighted by molar-refractivity contribution is 6.37. The lowest BCUT2D eigenvalue weighted by atomic mass is 9.98. The van der Waals surface area contributed by atoms with Crippen molar-refractivity contribution in [1.82, 2.24) is 0 Å². The third kappa shape index (κ3) is 5.73. The quantitative estimate of drug-likeness (QED) is 0.163. The van der Waals surface area contributed by atoms with Gasteiger partial charge in [0, 0.05) is 24.5 Å². The zero-order chi connectivity index (χ0) is 40.2. The topological polar surface area (TPSA) is 81.2 Å². The molecule has 0 N–H and O–H groups in total. The fourth-order valence-corrected chi connectivity index (χ4v) is 9.16. The van der Waals surface area contributed by atoms with Crippen molar-refractivity contribution >= 4 is 57.8 Å². The van der Waals surface area contributed by atoms with Gasteiger partial charge in [-0.2, -0.15) is 0 Å². The van der Waals surface area contributed by atoms with E-state index in [4.69, 9.17) is 0 Å². The van der Waals surface area contributed by atoms with E-state index in [0.717, 1.165) is 83.8 Å². The molecule has 0 atom stereocenters. The van der Waals surface area contributed by atoms with Gasteiger partial charge in [0.15, 0.2) is 0 Å². The summed E-state index contributed by atoms with van der Waals surface area (Å²) in [4.78, 5) is 63.2. The maximum atomic E-state index is 14.2. The van der Waals surface area contributed by atoms with Gasteiger partial charge >= 0.3 is 0 Å². The molecule has 288 valence electrons. The Balaban J connectivity index is 0.00000215. The minimum absolute atomic E-state index is 0.326. The summed E-state index contributed by atoms with van der Waals surface area (Å²) in [6, 6.07) is 39.0. The fourth-order valence-electron chi connectivity index (χ4n) is 9.16. The smallest absolute Gasteiger partial charge is 0.268 e. The minimum Gasteiger partial charge on any atom is -0.341 e. The van der Waals surface area contributed by atoms with Crippen molar-refractivity contribution in [2.24, 2.45) is 0 Å². The Bertz CT molecular complexity index is 2510. The fraction of sp³-hybridized carbons (Fsp3) is 0.200. The maximum absolute atomic E-state index is 14.2. The Morgan fingerprint density at radius 3 is 1.22 bits per heavy atom. The molecule has 4 aliphatic heterocycles.